The van der Waals surface area contributed by atoms with Gasteiger partial charge in [-0.15, -0.1) is 0 Å². The fourth-order valence-corrected chi connectivity index (χ4v) is 4.74. The minimum atomic E-state index is -3.89. The van der Waals surface area contributed by atoms with Crippen LogP contribution in [0.3, 0.4) is 0 Å². The highest BCUT2D eigenvalue weighted by Gasteiger charge is 2.30. The van der Waals surface area contributed by atoms with Crippen LogP contribution in [0, 0.1) is 0 Å². The van der Waals surface area contributed by atoms with Crippen LogP contribution in [-0.4, -0.2) is 64.5 Å². The van der Waals surface area contributed by atoms with E-state index in [1.165, 1.54) is 29.6 Å². The van der Waals surface area contributed by atoms with Gasteiger partial charge in [0.05, 0.1) is 25.9 Å². The molecule has 3 rings (SSSR count). The Kier molecular flexibility index (Phi) is 7.42. The van der Waals surface area contributed by atoms with E-state index in [4.69, 9.17) is 14.2 Å². The van der Waals surface area contributed by atoms with Gasteiger partial charge in [-0.3, -0.25) is 4.79 Å². The number of carbonyl (C=O) groups excluding carboxylic acids is 2. The molecule has 1 aliphatic rings. The van der Waals surface area contributed by atoms with Crippen LogP contribution in [0.25, 0.3) is 0 Å². The minimum Gasteiger partial charge on any atom is -0.495 e. The Morgan fingerprint density at radius 3 is 2.29 bits per heavy atom. The van der Waals surface area contributed by atoms with Gasteiger partial charge in [-0.1, -0.05) is 31.2 Å². The number of morpholine rings is 1. The lowest BCUT2D eigenvalue weighted by Crippen LogP contribution is -2.40. The van der Waals surface area contributed by atoms with Crippen molar-refractivity contribution in [2.45, 2.75) is 18.2 Å². The van der Waals surface area contributed by atoms with Gasteiger partial charge >= 0.3 is 5.97 Å². The fourth-order valence-electron chi connectivity index (χ4n) is 3.16. The van der Waals surface area contributed by atoms with Crippen LogP contribution in [-0.2, 0) is 25.9 Å². The highest BCUT2D eigenvalue weighted by Crippen LogP contribution is 2.28. The Bertz CT molecular complexity index is 1040. The molecule has 166 valence electrons. The molecule has 2 aromatic carbocycles. The molecule has 9 heteroatoms. The van der Waals surface area contributed by atoms with Gasteiger partial charge in [0.25, 0.3) is 0 Å². The summed E-state index contributed by atoms with van der Waals surface area (Å²) in [7, 11) is -2.53. The summed E-state index contributed by atoms with van der Waals surface area (Å²) < 4.78 is 42.9. The van der Waals surface area contributed by atoms with Crippen LogP contribution >= 0.6 is 0 Å². The summed E-state index contributed by atoms with van der Waals surface area (Å²) in [6, 6.07) is 11.1. The van der Waals surface area contributed by atoms with E-state index in [2.05, 4.69) is 0 Å². The summed E-state index contributed by atoms with van der Waals surface area (Å²) in [4.78, 5) is 24.7. The molecule has 1 fully saturated rings. The molecule has 1 saturated heterocycles. The predicted molar refractivity (Wildman–Crippen MR) is 113 cm³/mol. The zero-order chi connectivity index (χ0) is 22.4. The topological polar surface area (TPSA) is 99.2 Å². The molecular weight excluding hydrogens is 422 g/mol. The molecule has 1 aliphatic heterocycles. The van der Waals surface area contributed by atoms with Gasteiger partial charge in [0.2, 0.25) is 10.0 Å². The Morgan fingerprint density at radius 1 is 1.03 bits per heavy atom. The first-order valence-corrected chi connectivity index (χ1v) is 11.4. The normalized spacial score (nSPS) is 14.8. The lowest BCUT2D eigenvalue weighted by atomic mass is 10.1. The van der Waals surface area contributed by atoms with E-state index in [-0.39, 0.29) is 35.1 Å². The van der Waals surface area contributed by atoms with E-state index >= 15 is 0 Å². The number of hydrogen-bond acceptors (Lipinski definition) is 7. The first-order chi connectivity index (χ1) is 14.9. The van der Waals surface area contributed by atoms with Crippen molar-refractivity contribution in [1.29, 1.82) is 0 Å². The number of nitrogens with zero attached hydrogens (tertiary/aromatic N) is 1. The van der Waals surface area contributed by atoms with E-state index in [0.29, 0.717) is 18.8 Å². The second-order valence-electron chi connectivity index (χ2n) is 6.93. The first kappa shape index (κ1) is 22.9. The largest absolute Gasteiger partial charge is 0.495 e. The highest BCUT2D eigenvalue weighted by atomic mass is 32.2. The molecule has 0 atom stereocenters. The molecule has 0 radical (unpaired) electrons. The van der Waals surface area contributed by atoms with E-state index in [0.717, 1.165) is 12.0 Å². The molecule has 0 aromatic heterocycles. The third-order valence-corrected chi connectivity index (χ3v) is 6.93. The minimum absolute atomic E-state index is 0.0155. The van der Waals surface area contributed by atoms with E-state index < -0.39 is 22.6 Å². The maximum atomic E-state index is 13.0. The number of sulfonamides is 1. The SMILES string of the molecule is CCc1ccc(C(=O)COC(=O)c2ccc(OC)c(S(=O)(=O)N3CCOCC3)c2)cc1. The van der Waals surface area contributed by atoms with Crippen LogP contribution in [0.2, 0.25) is 0 Å². The molecule has 31 heavy (non-hydrogen) atoms. The van der Waals surface area contributed by atoms with E-state index in [1.54, 1.807) is 12.1 Å². The van der Waals surface area contributed by atoms with E-state index in [9.17, 15) is 18.0 Å². The Labute approximate surface area is 181 Å². The fraction of sp³-hybridized carbons (Fsp3) is 0.364. The monoisotopic (exact) mass is 447 g/mol. The molecule has 0 amide bonds. The van der Waals surface area contributed by atoms with E-state index in [1.807, 2.05) is 19.1 Å². The number of methoxy groups -OCH3 is 1. The lowest BCUT2D eigenvalue weighted by Gasteiger charge is -2.26. The third kappa shape index (κ3) is 5.30. The van der Waals surface area contributed by atoms with Crippen LogP contribution < -0.4 is 4.74 Å². The number of ether oxygens (including phenoxy) is 3. The average Bonchev–Trinajstić information content (AvgIpc) is 2.82. The Hall–Kier alpha value is -2.75. The quantitative estimate of drug-likeness (QED) is 0.452. The van der Waals surface area contributed by atoms with Crippen molar-refractivity contribution in [3.63, 3.8) is 0 Å². The average molecular weight is 448 g/mol. The second kappa shape index (κ2) is 10.0. The smallest absolute Gasteiger partial charge is 0.338 e. The number of hydrogen-bond donors (Lipinski definition) is 0. The van der Waals surface area contributed by atoms with Crippen LogP contribution in [0.4, 0.5) is 0 Å². The molecule has 0 saturated carbocycles. The van der Waals surface area contributed by atoms with Crippen molar-refractivity contribution >= 4 is 21.8 Å². The standard InChI is InChI=1S/C22H25NO7S/c1-3-16-4-6-17(7-5-16)19(24)15-30-22(25)18-8-9-20(28-2)21(14-18)31(26,27)23-10-12-29-13-11-23/h4-9,14H,3,10-13,15H2,1-2H3. The van der Waals surface area contributed by atoms with Crippen molar-refractivity contribution in [3.8, 4) is 5.75 Å². The number of aryl methyl sites for hydroxylation is 1. The summed E-state index contributed by atoms with van der Waals surface area (Å²) in [5.41, 5.74) is 1.55. The molecule has 0 spiro atoms. The molecule has 8 nitrogen and oxygen atoms in total. The van der Waals surface area contributed by atoms with Gasteiger partial charge in [-0.25, -0.2) is 13.2 Å². The second-order valence-corrected chi connectivity index (χ2v) is 8.84. The predicted octanol–water partition coefficient (Wildman–Crippen LogP) is 2.32. The van der Waals surface area contributed by atoms with Gasteiger partial charge in [-0.05, 0) is 30.2 Å². The summed E-state index contributed by atoms with van der Waals surface area (Å²) >= 11 is 0. The Morgan fingerprint density at radius 2 is 1.68 bits per heavy atom. The zero-order valence-electron chi connectivity index (χ0n) is 17.5. The van der Waals surface area contributed by atoms with Crippen molar-refractivity contribution in [1.82, 2.24) is 4.31 Å². The maximum absolute atomic E-state index is 13.0. The summed E-state index contributed by atoms with van der Waals surface area (Å²) in [6.07, 6.45) is 0.858. The number of esters is 1. The van der Waals surface area contributed by atoms with Crippen LogP contribution in [0.1, 0.15) is 33.2 Å². The third-order valence-electron chi connectivity index (χ3n) is 5.01. The van der Waals surface area contributed by atoms with Crippen molar-refractivity contribution in [3.05, 3.63) is 59.2 Å². The first-order valence-electron chi connectivity index (χ1n) is 9.92. The number of carbonyl (C=O) groups is 2. The van der Waals surface area contributed by atoms with Gasteiger partial charge in [-0.2, -0.15) is 4.31 Å². The zero-order valence-corrected chi connectivity index (χ0v) is 18.3. The summed E-state index contributed by atoms with van der Waals surface area (Å²) in [6.45, 7) is 2.59. The van der Waals surface area contributed by atoms with Crippen LogP contribution in [0.15, 0.2) is 47.4 Å². The summed E-state index contributed by atoms with van der Waals surface area (Å²) in [5.74, 6) is -1.01. The van der Waals surface area contributed by atoms with Gasteiger partial charge < -0.3 is 14.2 Å². The van der Waals surface area contributed by atoms with Gasteiger partial charge in [0, 0.05) is 18.7 Å². The molecule has 0 bridgehead atoms. The van der Waals surface area contributed by atoms with Crippen molar-refractivity contribution < 1.29 is 32.2 Å². The van der Waals surface area contributed by atoms with Gasteiger partial charge in [0.15, 0.2) is 12.4 Å². The number of ketones is 1. The molecule has 1 heterocycles. The maximum Gasteiger partial charge on any atom is 0.338 e. The van der Waals surface area contributed by atoms with Crippen molar-refractivity contribution in [2.24, 2.45) is 0 Å². The highest BCUT2D eigenvalue weighted by molar-refractivity contribution is 7.89. The lowest BCUT2D eigenvalue weighted by molar-refractivity contribution is 0.0474. The molecule has 0 aliphatic carbocycles. The van der Waals surface area contributed by atoms with Gasteiger partial charge in [0.1, 0.15) is 10.6 Å². The number of benzene rings is 2. The molecule has 0 N–H and O–H groups in total. The number of rotatable bonds is 8. The number of Topliss-reactive ketones (excluding diaryl/α,β-unsaturated/α-hetero) is 1. The molecule has 0 unspecified atom stereocenters. The molecule has 2 aromatic rings. The Balaban J connectivity index is 1.75. The van der Waals surface area contributed by atoms with Crippen LogP contribution in [0.5, 0.6) is 5.75 Å². The molecular formula is C22H25NO7S. The van der Waals surface area contributed by atoms with Crippen molar-refractivity contribution in [2.75, 3.05) is 40.0 Å². The summed E-state index contributed by atoms with van der Waals surface area (Å²) in [5, 5.41) is 0.